The predicted molar refractivity (Wildman–Crippen MR) is 84.9 cm³/mol. The SMILES string of the molecule is NC(=O)Cn1cc(C=NNC(=O)c2ccco2)c2ccccc21. The highest BCUT2D eigenvalue weighted by Gasteiger charge is 2.09. The number of nitrogens with one attached hydrogen (secondary N) is 1. The summed E-state index contributed by atoms with van der Waals surface area (Å²) in [6.07, 6.45) is 4.69. The van der Waals surface area contributed by atoms with Crippen molar-refractivity contribution in [3.8, 4) is 0 Å². The number of rotatable bonds is 5. The molecule has 0 aliphatic rings. The molecule has 116 valence electrons. The maximum absolute atomic E-state index is 11.7. The summed E-state index contributed by atoms with van der Waals surface area (Å²) < 4.78 is 6.72. The van der Waals surface area contributed by atoms with Crippen LogP contribution in [0.3, 0.4) is 0 Å². The van der Waals surface area contributed by atoms with Crippen LogP contribution in [-0.2, 0) is 11.3 Å². The highest BCUT2D eigenvalue weighted by Crippen LogP contribution is 2.19. The van der Waals surface area contributed by atoms with Crippen molar-refractivity contribution in [2.75, 3.05) is 0 Å². The van der Waals surface area contributed by atoms with Crippen LogP contribution in [0.2, 0.25) is 0 Å². The van der Waals surface area contributed by atoms with E-state index in [4.69, 9.17) is 10.2 Å². The lowest BCUT2D eigenvalue weighted by molar-refractivity contribution is -0.118. The number of aromatic nitrogens is 1. The van der Waals surface area contributed by atoms with Crippen LogP contribution >= 0.6 is 0 Å². The minimum atomic E-state index is -0.438. The Hall–Kier alpha value is -3.35. The number of carbonyl (C=O) groups is 2. The summed E-state index contributed by atoms with van der Waals surface area (Å²) in [5, 5.41) is 4.83. The van der Waals surface area contributed by atoms with E-state index >= 15 is 0 Å². The third-order valence-corrected chi connectivity index (χ3v) is 3.26. The zero-order chi connectivity index (χ0) is 16.2. The van der Waals surface area contributed by atoms with Crippen molar-refractivity contribution in [2.45, 2.75) is 6.54 Å². The highest BCUT2D eigenvalue weighted by atomic mass is 16.3. The first kappa shape index (κ1) is 14.6. The van der Waals surface area contributed by atoms with Crippen LogP contribution in [-0.4, -0.2) is 22.6 Å². The molecule has 1 aromatic carbocycles. The topological polar surface area (TPSA) is 103 Å². The standard InChI is InChI=1S/C16H14N4O3/c17-15(21)10-20-9-11(12-4-1-2-5-13(12)20)8-18-19-16(22)14-6-3-7-23-14/h1-9H,10H2,(H2,17,21)(H,19,22). The lowest BCUT2D eigenvalue weighted by Gasteiger charge is -2.00. The number of primary amides is 1. The zero-order valence-corrected chi connectivity index (χ0v) is 12.1. The predicted octanol–water partition coefficient (Wildman–Crippen LogP) is 1.48. The molecule has 23 heavy (non-hydrogen) atoms. The largest absolute Gasteiger partial charge is 0.459 e. The van der Waals surface area contributed by atoms with Crippen molar-refractivity contribution >= 4 is 28.9 Å². The molecule has 7 nitrogen and oxygen atoms in total. The molecule has 0 radical (unpaired) electrons. The first-order chi connectivity index (χ1) is 11.1. The first-order valence-electron chi connectivity index (χ1n) is 6.88. The number of furan rings is 1. The molecule has 0 bridgehead atoms. The maximum Gasteiger partial charge on any atom is 0.307 e. The Bertz CT molecular complexity index is 878. The van der Waals surface area contributed by atoms with Crippen LogP contribution in [0.1, 0.15) is 16.1 Å². The number of nitrogens with zero attached hydrogens (tertiary/aromatic N) is 2. The molecule has 0 aliphatic heterocycles. The number of para-hydroxylation sites is 1. The average molecular weight is 310 g/mol. The van der Waals surface area contributed by atoms with Gasteiger partial charge in [0.15, 0.2) is 5.76 Å². The monoisotopic (exact) mass is 310 g/mol. The fraction of sp³-hybridized carbons (Fsp3) is 0.0625. The van der Waals surface area contributed by atoms with Crippen molar-refractivity contribution in [1.29, 1.82) is 0 Å². The third kappa shape index (κ3) is 3.13. The van der Waals surface area contributed by atoms with Crippen molar-refractivity contribution in [3.63, 3.8) is 0 Å². The smallest absolute Gasteiger partial charge is 0.307 e. The van der Waals surface area contributed by atoms with Gasteiger partial charge in [-0.15, -0.1) is 0 Å². The quantitative estimate of drug-likeness (QED) is 0.551. The molecule has 2 amide bonds. The van der Waals surface area contributed by atoms with E-state index in [2.05, 4.69) is 10.5 Å². The van der Waals surface area contributed by atoms with Gasteiger partial charge < -0.3 is 14.7 Å². The van der Waals surface area contributed by atoms with Crippen molar-refractivity contribution in [3.05, 3.63) is 60.2 Å². The summed E-state index contributed by atoms with van der Waals surface area (Å²) >= 11 is 0. The number of hydrogen-bond donors (Lipinski definition) is 2. The molecule has 0 atom stereocenters. The van der Waals surface area contributed by atoms with E-state index in [1.807, 2.05) is 24.3 Å². The average Bonchev–Trinajstić information content (AvgIpc) is 3.16. The number of nitrogens with two attached hydrogens (primary N) is 1. The molecule has 3 N–H and O–H groups in total. The Labute approximate surface area is 131 Å². The van der Waals surface area contributed by atoms with Crippen molar-refractivity contribution < 1.29 is 14.0 Å². The van der Waals surface area contributed by atoms with Gasteiger partial charge in [-0.2, -0.15) is 5.10 Å². The minimum absolute atomic E-state index is 0.0765. The van der Waals surface area contributed by atoms with Gasteiger partial charge in [0.2, 0.25) is 5.91 Å². The second-order valence-electron chi connectivity index (χ2n) is 4.87. The van der Waals surface area contributed by atoms with Crippen LogP contribution in [0.4, 0.5) is 0 Å². The number of hydrazone groups is 1. The lowest BCUT2D eigenvalue weighted by atomic mass is 10.2. The van der Waals surface area contributed by atoms with Gasteiger partial charge in [-0.1, -0.05) is 18.2 Å². The molecule has 3 rings (SSSR count). The zero-order valence-electron chi connectivity index (χ0n) is 12.1. The molecule has 0 saturated heterocycles. The van der Waals surface area contributed by atoms with E-state index in [1.165, 1.54) is 12.5 Å². The van der Waals surface area contributed by atoms with Gasteiger partial charge in [-0.25, -0.2) is 5.43 Å². The molecule has 7 heteroatoms. The van der Waals surface area contributed by atoms with Crippen LogP contribution in [0, 0.1) is 0 Å². The Kier molecular flexibility index (Phi) is 3.92. The van der Waals surface area contributed by atoms with Gasteiger partial charge in [-0.05, 0) is 18.2 Å². The molecular formula is C16H14N4O3. The van der Waals surface area contributed by atoms with Gasteiger partial charge >= 0.3 is 5.91 Å². The Morgan fingerprint density at radius 3 is 2.83 bits per heavy atom. The Morgan fingerprint density at radius 1 is 1.26 bits per heavy atom. The van der Waals surface area contributed by atoms with Gasteiger partial charge in [0.1, 0.15) is 6.54 Å². The molecule has 0 unspecified atom stereocenters. The summed E-state index contributed by atoms with van der Waals surface area (Å²) in [5.41, 5.74) is 9.27. The molecule has 3 aromatic rings. The molecule has 0 saturated carbocycles. The first-order valence-corrected chi connectivity index (χ1v) is 6.88. The molecule has 0 fully saturated rings. The molecule has 0 spiro atoms. The summed E-state index contributed by atoms with van der Waals surface area (Å²) in [7, 11) is 0. The number of amides is 2. The Morgan fingerprint density at radius 2 is 2.09 bits per heavy atom. The van der Waals surface area contributed by atoms with E-state index < -0.39 is 11.8 Å². The fourth-order valence-electron chi connectivity index (χ4n) is 2.30. The van der Waals surface area contributed by atoms with Crippen LogP contribution in [0.25, 0.3) is 10.9 Å². The number of hydrogen-bond acceptors (Lipinski definition) is 4. The van der Waals surface area contributed by atoms with Gasteiger partial charge in [0, 0.05) is 22.7 Å². The minimum Gasteiger partial charge on any atom is -0.459 e. The Balaban J connectivity index is 1.83. The van der Waals surface area contributed by atoms with Crippen molar-refractivity contribution in [1.82, 2.24) is 9.99 Å². The molecule has 0 aliphatic carbocycles. The summed E-state index contributed by atoms with van der Waals surface area (Å²) in [5.74, 6) is -0.689. The second-order valence-corrected chi connectivity index (χ2v) is 4.87. The number of fused-ring (bicyclic) bond motifs is 1. The van der Waals surface area contributed by atoms with Crippen LogP contribution in [0.5, 0.6) is 0 Å². The summed E-state index contributed by atoms with van der Waals surface area (Å²) in [6.45, 7) is 0.0765. The summed E-state index contributed by atoms with van der Waals surface area (Å²) in [4.78, 5) is 22.9. The van der Waals surface area contributed by atoms with E-state index in [1.54, 1.807) is 22.9 Å². The van der Waals surface area contributed by atoms with E-state index in [0.717, 1.165) is 16.5 Å². The molecule has 2 aromatic heterocycles. The van der Waals surface area contributed by atoms with E-state index in [-0.39, 0.29) is 12.3 Å². The number of carbonyl (C=O) groups excluding carboxylic acids is 2. The molecule has 2 heterocycles. The van der Waals surface area contributed by atoms with Crippen LogP contribution < -0.4 is 11.2 Å². The fourth-order valence-corrected chi connectivity index (χ4v) is 2.30. The maximum atomic E-state index is 11.7. The normalized spacial score (nSPS) is 11.1. The van der Waals surface area contributed by atoms with Gasteiger partial charge in [-0.3, -0.25) is 9.59 Å². The lowest BCUT2D eigenvalue weighted by Crippen LogP contribution is -2.18. The van der Waals surface area contributed by atoms with Gasteiger partial charge in [0.25, 0.3) is 0 Å². The summed E-state index contributed by atoms with van der Waals surface area (Å²) in [6, 6.07) is 10.7. The third-order valence-electron chi connectivity index (χ3n) is 3.26. The van der Waals surface area contributed by atoms with Crippen molar-refractivity contribution in [2.24, 2.45) is 10.8 Å². The highest BCUT2D eigenvalue weighted by molar-refractivity contribution is 6.00. The number of benzene rings is 1. The van der Waals surface area contributed by atoms with Crippen LogP contribution in [0.15, 0.2) is 58.4 Å². The van der Waals surface area contributed by atoms with Gasteiger partial charge in [0.05, 0.1) is 12.5 Å². The molecular weight excluding hydrogens is 296 g/mol. The van der Waals surface area contributed by atoms with E-state index in [9.17, 15) is 9.59 Å². The second kappa shape index (κ2) is 6.18. The van der Waals surface area contributed by atoms with E-state index in [0.29, 0.717) is 0 Å².